The summed E-state index contributed by atoms with van der Waals surface area (Å²) < 4.78 is 6.26. The van der Waals surface area contributed by atoms with Crippen molar-refractivity contribution in [2.75, 3.05) is 7.05 Å². The van der Waals surface area contributed by atoms with Crippen LogP contribution in [0.1, 0.15) is 72.6 Å². The van der Waals surface area contributed by atoms with E-state index in [1.807, 2.05) is 0 Å². The first-order valence-electron chi connectivity index (χ1n) is 8.21. The normalized spacial score (nSPS) is 31.7. The van der Waals surface area contributed by atoms with E-state index >= 15 is 0 Å². The molecule has 2 heteroatoms. The SMILES string of the molecule is CNC(CCC1CCCC1)C1CC(C)(C)OC1(C)C. The molecule has 0 spiro atoms. The Morgan fingerprint density at radius 2 is 1.79 bits per heavy atom. The number of hydrogen-bond acceptors (Lipinski definition) is 2. The summed E-state index contributed by atoms with van der Waals surface area (Å²) in [5.74, 6) is 1.63. The second-order valence-electron chi connectivity index (χ2n) is 7.90. The molecule has 2 rings (SSSR count). The Kier molecular flexibility index (Phi) is 4.62. The third kappa shape index (κ3) is 3.72. The molecule has 2 nitrogen and oxygen atoms in total. The number of ether oxygens (including phenoxy) is 1. The highest BCUT2D eigenvalue weighted by Gasteiger charge is 2.48. The molecule has 0 bridgehead atoms. The predicted octanol–water partition coefficient (Wildman–Crippen LogP) is 4.14. The Morgan fingerprint density at radius 3 is 2.26 bits per heavy atom. The van der Waals surface area contributed by atoms with E-state index in [1.54, 1.807) is 0 Å². The maximum absolute atomic E-state index is 6.26. The van der Waals surface area contributed by atoms with Crippen molar-refractivity contribution in [3.05, 3.63) is 0 Å². The Balaban J connectivity index is 1.92. The third-order valence-corrected chi connectivity index (χ3v) is 5.36. The summed E-state index contributed by atoms with van der Waals surface area (Å²) in [5.41, 5.74) is 0.0451. The van der Waals surface area contributed by atoms with Crippen molar-refractivity contribution in [3.8, 4) is 0 Å². The van der Waals surface area contributed by atoms with Gasteiger partial charge in [0.1, 0.15) is 0 Å². The highest BCUT2D eigenvalue weighted by atomic mass is 16.5. The summed E-state index contributed by atoms with van der Waals surface area (Å²) in [7, 11) is 2.13. The second-order valence-corrected chi connectivity index (χ2v) is 7.90. The van der Waals surface area contributed by atoms with Crippen LogP contribution >= 0.6 is 0 Å². The van der Waals surface area contributed by atoms with Gasteiger partial charge in [-0.3, -0.25) is 0 Å². The van der Waals surface area contributed by atoms with Crippen LogP contribution in [0.4, 0.5) is 0 Å². The van der Waals surface area contributed by atoms with Gasteiger partial charge in [-0.25, -0.2) is 0 Å². The lowest BCUT2D eigenvalue weighted by Gasteiger charge is -2.33. The topological polar surface area (TPSA) is 21.3 Å². The van der Waals surface area contributed by atoms with Crippen LogP contribution in [-0.4, -0.2) is 24.3 Å². The van der Waals surface area contributed by atoms with E-state index in [2.05, 4.69) is 40.1 Å². The zero-order valence-corrected chi connectivity index (χ0v) is 13.6. The van der Waals surface area contributed by atoms with Crippen molar-refractivity contribution in [2.45, 2.75) is 89.9 Å². The van der Waals surface area contributed by atoms with Gasteiger partial charge in [-0.1, -0.05) is 25.7 Å². The van der Waals surface area contributed by atoms with Crippen molar-refractivity contribution in [3.63, 3.8) is 0 Å². The average molecular weight is 267 g/mol. The highest BCUT2D eigenvalue weighted by Crippen LogP contribution is 2.44. The van der Waals surface area contributed by atoms with Crippen molar-refractivity contribution in [2.24, 2.45) is 11.8 Å². The van der Waals surface area contributed by atoms with Crippen LogP contribution in [0.2, 0.25) is 0 Å². The first-order valence-corrected chi connectivity index (χ1v) is 8.21. The molecule has 2 aliphatic rings. The molecule has 1 N–H and O–H groups in total. The lowest BCUT2D eigenvalue weighted by molar-refractivity contribution is -0.0778. The molecule has 0 aromatic rings. The predicted molar refractivity (Wildman–Crippen MR) is 81.4 cm³/mol. The molecule has 19 heavy (non-hydrogen) atoms. The van der Waals surface area contributed by atoms with E-state index in [1.165, 1.54) is 44.9 Å². The number of hydrogen-bond donors (Lipinski definition) is 1. The van der Waals surface area contributed by atoms with Crippen LogP contribution in [0.5, 0.6) is 0 Å². The van der Waals surface area contributed by atoms with Gasteiger partial charge in [0, 0.05) is 12.0 Å². The van der Waals surface area contributed by atoms with Crippen LogP contribution < -0.4 is 5.32 Å². The first-order chi connectivity index (χ1) is 8.84. The van der Waals surface area contributed by atoms with E-state index in [9.17, 15) is 0 Å². The summed E-state index contributed by atoms with van der Waals surface area (Å²) in [6, 6.07) is 0.609. The molecule has 1 saturated carbocycles. The lowest BCUT2D eigenvalue weighted by Crippen LogP contribution is -2.43. The maximum Gasteiger partial charge on any atom is 0.0677 e. The number of nitrogens with one attached hydrogen (secondary N) is 1. The Hall–Kier alpha value is -0.0800. The summed E-state index contributed by atoms with van der Waals surface area (Å²) in [6.07, 6.45) is 9.74. The van der Waals surface area contributed by atoms with Gasteiger partial charge in [0.25, 0.3) is 0 Å². The Morgan fingerprint density at radius 1 is 1.16 bits per heavy atom. The van der Waals surface area contributed by atoms with Crippen molar-refractivity contribution in [1.29, 1.82) is 0 Å². The number of rotatable bonds is 5. The van der Waals surface area contributed by atoms with Crippen molar-refractivity contribution >= 4 is 0 Å². The molecular weight excluding hydrogens is 234 g/mol. The van der Waals surface area contributed by atoms with E-state index < -0.39 is 0 Å². The zero-order valence-electron chi connectivity index (χ0n) is 13.6. The molecule has 2 fully saturated rings. The molecule has 1 aliphatic heterocycles. The molecule has 1 heterocycles. The molecule has 0 radical (unpaired) electrons. The van der Waals surface area contributed by atoms with Gasteiger partial charge in [-0.05, 0) is 59.9 Å². The lowest BCUT2D eigenvalue weighted by atomic mass is 9.79. The fraction of sp³-hybridized carbons (Fsp3) is 1.00. The van der Waals surface area contributed by atoms with Gasteiger partial charge >= 0.3 is 0 Å². The fourth-order valence-corrected chi connectivity index (χ4v) is 4.49. The van der Waals surface area contributed by atoms with Gasteiger partial charge in [0.05, 0.1) is 11.2 Å². The third-order valence-electron chi connectivity index (χ3n) is 5.36. The Bertz CT molecular complexity index is 292. The van der Waals surface area contributed by atoms with E-state index in [0.29, 0.717) is 12.0 Å². The van der Waals surface area contributed by atoms with E-state index in [4.69, 9.17) is 4.74 Å². The summed E-state index contributed by atoms with van der Waals surface area (Å²) in [4.78, 5) is 0. The van der Waals surface area contributed by atoms with Gasteiger partial charge < -0.3 is 10.1 Å². The van der Waals surface area contributed by atoms with Gasteiger partial charge in [-0.2, -0.15) is 0 Å². The van der Waals surface area contributed by atoms with Crippen LogP contribution in [0.3, 0.4) is 0 Å². The monoisotopic (exact) mass is 267 g/mol. The van der Waals surface area contributed by atoms with Crippen LogP contribution in [0.15, 0.2) is 0 Å². The zero-order chi connectivity index (χ0) is 14.1. The van der Waals surface area contributed by atoms with Gasteiger partial charge in [0.2, 0.25) is 0 Å². The molecule has 112 valence electrons. The van der Waals surface area contributed by atoms with Crippen LogP contribution in [-0.2, 0) is 4.74 Å². The van der Waals surface area contributed by atoms with Crippen molar-refractivity contribution < 1.29 is 4.74 Å². The molecule has 1 aliphatic carbocycles. The molecule has 0 aromatic carbocycles. The van der Waals surface area contributed by atoms with Crippen molar-refractivity contribution in [1.82, 2.24) is 5.32 Å². The molecule has 2 atom stereocenters. The van der Waals surface area contributed by atoms with E-state index in [-0.39, 0.29) is 11.2 Å². The van der Waals surface area contributed by atoms with Crippen LogP contribution in [0, 0.1) is 11.8 Å². The second kappa shape index (κ2) is 5.73. The van der Waals surface area contributed by atoms with Crippen LogP contribution in [0.25, 0.3) is 0 Å². The molecule has 2 unspecified atom stereocenters. The first kappa shape index (κ1) is 15.3. The molecule has 1 saturated heterocycles. The summed E-state index contributed by atoms with van der Waals surface area (Å²) >= 11 is 0. The standard InChI is InChI=1S/C17H33NO/c1-16(2)12-14(17(3,4)19-16)15(18-5)11-10-13-8-6-7-9-13/h13-15,18H,6-12H2,1-5H3. The average Bonchev–Trinajstić information content (AvgIpc) is 2.86. The molecular formula is C17H33NO. The smallest absolute Gasteiger partial charge is 0.0677 e. The molecule has 0 aromatic heterocycles. The van der Waals surface area contributed by atoms with Gasteiger partial charge in [-0.15, -0.1) is 0 Å². The summed E-state index contributed by atoms with van der Waals surface area (Å²) in [6.45, 7) is 9.01. The maximum atomic E-state index is 6.26. The van der Waals surface area contributed by atoms with Gasteiger partial charge in [0.15, 0.2) is 0 Å². The Labute approximate surface area is 119 Å². The largest absolute Gasteiger partial charge is 0.369 e. The summed E-state index contributed by atoms with van der Waals surface area (Å²) in [5, 5.41) is 3.58. The highest BCUT2D eigenvalue weighted by molar-refractivity contribution is 4.99. The minimum atomic E-state index is 0.00680. The fourth-order valence-electron chi connectivity index (χ4n) is 4.49. The molecule has 0 amide bonds. The minimum absolute atomic E-state index is 0.00680. The quantitative estimate of drug-likeness (QED) is 0.808. The van der Waals surface area contributed by atoms with E-state index in [0.717, 1.165) is 5.92 Å². The minimum Gasteiger partial charge on any atom is -0.369 e.